The standard InChI is InChI=1S/C24H25Cl2N5O6S/c25-14-2-1-12-3-4-29-21(16(12)6-14)17-8-20(37-23(17)26)22(33)18-9-28-11-30-24(18)31-15-5-13(19(32)7-15)10-36-38(27,34)35/h1-2,6,8-9,11,13,15,19,21,29,32H,3-5,7,10H2,(H2,27,34,35)(H,28,30,31)/t13-,15-,19+,21+/m1/s1. The minimum Gasteiger partial charge on any atom is -0.441 e. The average Bonchev–Trinajstić information content (AvgIpc) is 3.43. The molecule has 4 atom stereocenters. The first-order chi connectivity index (χ1) is 18.1. The maximum Gasteiger partial charge on any atom is 0.333 e. The van der Waals surface area contributed by atoms with Crippen LogP contribution in [0.25, 0.3) is 0 Å². The summed E-state index contributed by atoms with van der Waals surface area (Å²) in [6, 6.07) is 6.71. The number of nitrogens with two attached hydrogens (primary N) is 1. The number of anilines is 1. The molecule has 0 radical (unpaired) electrons. The Bertz CT molecular complexity index is 1470. The molecule has 0 amide bonds. The molecule has 202 valence electrons. The van der Waals surface area contributed by atoms with Gasteiger partial charge in [-0.15, -0.1) is 0 Å². The zero-order chi connectivity index (χ0) is 27.0. The third-order valence-corrected chi connectivity index (χ3v) is 7.81. The maximum absolute atomic E-state index is 13.5. The molecule has 5 N–H and O–H groups in total. The molecule has 1 aromatic carbocycles. The highest BCUT2D eigenvalue weighted by molar-refractivity contribution is 7.84. The first kappa shape index (κ1) is 27.0. The van der Waals surface area contributed by atoms with Crippen molar-refractivity contribution in [3.63, 3.8) is 0 Å². The number of nitrogens with zero attached hydrogens (tertiary/aromatic N) is 2. The summed E-state index contributed by atoms with van der Waals surface area (Å²) in [7, 11) is -4.12. The van der Waals surface area contributed by atoms with Crippen molar-refractivity contribution in [3.05, 3.63) is 75.0 Å². The quantitative estimate of drug-likeness (QED) is 0.290. The Morgan fingerprint density at radius 3 is 2.87 bits per heavy atom. The molecular formula is C24H25Cl2N5O6S. The number of nitrogens with one attached hydrogen (secondary N) is 2. The molecule has 0 saturated heterocycles. The number of rotatable bonds is 8. The van der Waals surface area contributed by atoms with Crippen molar-refractivity contribution < 1.29 is 26.9 Å². The summed E-state index contributed by atoms with van der Waals surface area (Å²) in [5, 5.41) is 22.5. The van der Waals surface area contributed by atoms with Crippen LogP contribution in [0.15, 0.2) is 41.2 Å². The lowest BCUT2D eigenvalue weighted by molar-refractivity contribution is 0.100. The molecule has 1 fully saturated rings. The second-order valence-corrected chi connectivity index (χ2v) is 11.4. The highest BCUT2D eigenvalue weighted by atomic mass is 35.5. The number of hydrogen-bond acceptors (Lipinski definition) is 10. The van der Waals surface area contributed by atoms with Gasteiger partial charge in [-0.05, 0) is 60.2 Å². The van der Waals surface area contributed by atoms with Gasteiger partial charge in [-0.2, -0.15) is 8.42 Å². The van der Waals surface area contributed by atoms with E-state index < -0.39 is 28.1 Å². The van der Waals surface area contributed by atoms with Gasteiger partial charge in [-0.1, -0.05) is 17.7 Å². The Morgan fingerprint density at radius 1 is 1.26 bits per heavy atom. The van der Waals surface area contributed by atoms with Gasteiger partial charge in [-0.25, -0.2) is 15.1 Å². The van der Waals surface area contributed by atoms with E-state index >= 15 is 0 Å². The molecule has 1 aliphatic carbocycles. The van der Waals surface area contributed by atoms with E-state index in [1.54, 1.807) is 6.07 Å². The van der Waals surface area contributed by atoms with Crippen LogP contribution >= 0.6 is 23.2 Å². The minimum absolute atomic E-state index is 0.0182. The summed E-state index contributed by atoms with van der Waals surface area (Å²) in [4.78, 5) is 21.7. The lowest BCUT2D eigenvalue weighted by Crippen LogP contribution is -2.30. The van der Waals surface area contributed by atoms with Crippen molar-refractivity contribution in [2.24, 2.45) is 11.1 Å². The van der Waals surface area contributed by atoms with Crippen LogP contribution in [0.3, 0.4) is 0 Å². The number of fused-ring (bicyclic) bond motifs is 1. The SMILES string of the molecule is NS(=O)(=O)OC[C@H]1C[C@@H](Nc2ncncc2C(=O)c2cc([C@H]3NCCc4ccc(Cl)cc43)c(Cl)o2)C[C@@H]1O. The number of aliphatic hydroxyl groups is 1. The Hall–Kier alpha value is -2.58. The summed E-state index contributed by atoms with van der Waals surface area (Å²) < 4.78 is 32.5. The van der Waals surface area contributed by atoms with Crippen molar-refractivity contribution in [2.75, 3.05) is 18.5 Å². The highest BCUT2D eigenvalue weighted by Crippen LogP contribution is 2.37. The van der Waals surface area contributed by atoms with Gasteiger partial charge in [0.1, 0.15) is 12.1 Å². The van der Waals surface area contributed by atoms with E-state index in [0.717, 1.165) is 24.1 Å². The van der Waals surface area contributed by atoms with E-state index in [-0.39, 0.29) is 41.1 Å². The smallest absolute Gasteiger partial charge is 0.333 e. The number of aromatic nitrogens is 2. The third kappa shape index (κ3) is 5.86. The van der Waals surface area contributed by atoms with Crippen molar-refractivity contribution in [1.82, 2.24) is 15.3 Å². The average molecular weight is 582 g/mol. The third-order valence-electron chi connectivity index (χ3n) is 6.81. The van der Waals surface area contributed by atoms with E-state index in [9.17, 15) is 18.3 Å². The van der Waals surface area contributed by atoms with Gasteiger partial charge in [0.25, 0.3) is 0 Å². The molecule has 0 spiro atoms. The molecule has 0 bridgehead atoms. The summed E-state index contributed by atoms with van der Waals surface area (Å²) in [6.07, 6.45) is 3.35. The molecule has 1 aliphatic heterocycles. The van der Waals surface area contributed by atoms with E-state index in [4.69, 9.17) is 32.8 Å². The normalized spacial score (nSPS) is 23.3. The number of halogens is 2. The van der Waals surface area contributed by atoms with Crippen molar-refractivity contribution >= 4 is 45.1 Å². The Morgan fingerprint density at radius 2 is 2.08 bits per heavy atom. The number of carbonyl (C=O) groups excluding carboxylic acids is 1. The number of carbonyl (C=O) groups is 1. The van der Waals surface area contributed by atoms with Gasteiger partial charge in [-0.3, -0.25) is 8.98 Å². The first-order valence-electron chi connectivity index (χ1n) is 11.9. The van der Waals surface area contributed by atoms with Gasteiger partial charge in [0.2, 0.25) is 5.78 Å². The summed E-state index contributed by atoms with van der Waals surface area (Å²) in [5.74, 6) is -0.671. The fourth-order valence-electron chi connectivity index (χ4n) is 5.01. The zero-order valence-electron chi connectivity index (χ0n) is 19.9. The molecule has 14 heteroatoms. The van der Waals surface area contributed by atoms with Gasteiger partial charge in [0.15, 0.2) is 11.0 Å². The molecule has 38 heavy (non-hydrogen) atoms. The Labute approximate surface area is 229 Å². The van der Waals surface area contributed by atoms with Crippen LogP contribution < -0.4 is 15.8 Å². The second kappa shape index (κ2) is 10.9. The zero-order valence-corrected chi connectivity index (χ0v) is 22.3. The Balaban J connectivity index is 1.35. The van der Waals surface area contributed by atoms with E-state index in [1.807, 2.05) is 18.2 Å². The van der Waals surface area contributed by atoms with E-state index in [0.29, 0.717) is 23.4 Å². The predicted molar refractivity (Wildman–Crippen MR) is 139 cm³/mol. The van der Waals surface area contributed by atoms with Crippen LogP contribution in [0.1, 0.15) is 51.7 Å². The van der Waals surface area contributed by atoms with Crippen LogP contribution in [-0.4, -0.2) is 54.6 Å². The summed E-state index contributed by atoms with van der Waals surface area (Å²) in [6.45, 7) is 0.478. The molecular weight excluding hydrogens is 557 g/mol. The fourth-order valence-corrected chi connectivity index (χ4v) is 5.80. The van der Waals surface area contributed by atoms with Crippen LogP contribution in [0.2, 0.25) is 10.2 Å². The van der Waals surface area contributed by atoms with Gasteiger partial charge < -0.3 is 20.2 Å². The van der Waals surface area contributed by atoms with Gasteiger partial charge >= 0.3 is 10.3 Å². The predicted octanol–water partition coefficient (Wildman–Crippen LogP) is 2.61. The largest absolute Gasteiger partial charge is 0.441 e. The molecule has 0 unspecified atom stereocenters. The molecule has 11 nitrogen and oxygen atoms in total. The molecule has 5 rings (SSSR count). The molecule has 1 saturated carbocycles. The van der Waals surface area contributed by atoms with Crippen molar-refractivity contribution in [1.29, 1.82) is 0 Å². The van der Waals surface area contributed by atoms with Crippen LogP contribution in [0.5, 0.6) is 0 Å². The molecule has 3 heterocycles. The topological polar surface area (TPSA) is 170 Å². The number of ketones is 1. The van der Waals surface area contributed by atoms with Gasteiger partial charge in [0.05, 0.1) is 24.3 Å². The number of benzene rings is 1. The van der Waals surface area contributed by atoms with Crippen LogP contribution in [0, 0.1) is 5.92 Å². The minimum atomic E-state index is -4.12. The van der Waals surface area contributed by atoms with E-state index in [2.05, 4.69) is 24.8 Å². The number of furan rings is 1. The summed E-state index contributed by atoms with van der Waals surface area (Å²) >= 11 is 12.7. The first-order valence-corrected chi connectivity index (χ1v) is 14.1. The lowest BCUT2D eigenvalue weighted by atomic mass is 9.91. The number of aliphatic hydroxyl groups excluding tert-OH is 1. The van der Waals surface area contributed by atoms with Crippen LogP contribution in [-0.2, 0) is 20.9 Å². The highest BCUT2D eigenvalue weighted by Gasteiger charge is 2.35. The summed E-state index contributed by atoms with van der Waals surface area (Å²) in [5.41, 5.74) is 2.87. The molecule has 2 aromatic heterocycles. The maximum atomic E-state index is 13.5. The fraction of sp³-hybridized carbons (Fsp3) is 0.375. The molecule has 3 aromatic rings. The van der Waals surface area contributed by atoms with Gasteiger partial charge in [0, 0.05) is 35.3 Å². The number of hydrogen-bond donors (Lipinski definition) is 4. The van der Waals surface area contributed by atoms with Crippen molar-refractivity contribution in [3.8, 4) is 0 Å². The van der Waals surface area contributed by atoms with E-state index in [1.165, 1.54) is 12.5 Å². The Kier molecular flexibility index (Phi) is 7.74. The lowest BCUT2D eigenvalue weighted by Gasteiger charge is -2.26. The molecule has 2 aliphatic rings. The van der Waals surface area contributed by atoms with Crippen molar-refractivity contribution in [2.45, 2.75) is 37.5 Å². The van der Waals surface area contributed by atoms with Crippen LogP contribution in [0.4, 0.5) is 5.82 Å². The second-order valence-electron chi connectivity index (χ2n) is 9.35. The monoisotopic (exact) mass is 581 g/mol.